The summed E-state index contributed by atoms with van der Waals surface area (Å²) in [5.41, 5.74) is 2.08. The highest BCUT2D eigenvalue weighted by atomic mass is 32.1. The van der Waals surface area contributed by atoms with Crippen LogP contribution in [0.1, 0.15) is 17.4 Å². The second kappa shape index (κ2) is 6.07. The second-order valence-corrected chi connectivity index (χ2v) is 5.46. The Morgan fingerprint density at radius 2 is 2.24 bits per heavy atom. The van der Waals surface area contributed by atoms with Crippen molar-refractivity contribution in [1.29, 1.82) is 0 Å². The minimum absolute atomic E-state index is 0.132. The standard InChI is InChI=1S/C15H14N2O3S/c18-13(10-5-6-21-9-10)8-16-15(19)7-12-11-3-1-2-4-14(11)20-17-12/h1-6,9,13,18H,7-8H2,(H,16,19)/t13-/m1/s1. The van der Waals surface area contributed by atoms with Crippen LogP contribution in [0.5, 0.6) is 0 Å². The van der Waals surface area contributed by atoms with E-state index >= 15 is 0 Å². The molecule has 0 spiro atoms. The van der Waals surface area contributed by atoms with Gasteiger partial charge in [0.25, 0.3) is 0 Å². The molecular weight excluding hydrogens is 288 g/mol. The number of thiophene rings is 1. The molecule has 1 atom stereocenters. The van der Waals surface area contributed by atoms with Gasteiger partial charge < -0.3 is 14.9 Å². The van der Waals surface area contributed by atoms with Crippen molar-refractivity contribution >= 4 is 28.2 Å². The molecule has 0 aliphatic carbocycles. The third kappa shape index (κ3) is 3.12. The van der Waals surface area contributed by atoms with Gasteiger partial charge in [-0.15, -0.1) is 0 Å². The van der Waals surface area contributed by atoms with E-state index in [1.54, 1.807) is 0 Å². The van der Waals surface area contributed by atoms with Crippen molar-refractivity contribution in [2.24, 2.45) is 0 Å². The van der Waals surface area contributed by atoms with Gasteiger partial charge in [-0.3, -0.25) is 4.79 Å². The van der Waals surface area contributed by atoms with Gasteiger partial charge in [-0.25, -0.2) is 0 Å². The number of para-hydroxylation sites is 1. The van der Waals surface area contributed by atoms with Gasteiger partial charge in [0.05, 0.1) is 12.5 Å². The summed E-state index contributed by atoms with van der Waals surface area (Å²) in [6, 6.07) is 9.25. The Balaban J connectivity index is 1.59. The zero-order valence-electron chi connectivity index (χ0n) is 11.2. The fraction of sp³-hybridized carbons (Fsp3) is 0.200. The van der Waals surface area contributed by atoms with Gasteiger partial charge in [-0.1, -0.05) is 17.3 Å². The molecule has 2 heterocycles. The van der Waals surface area contributed by atoms with Crippen LogP contribution in [-0.4, -0.2) is 22.7 Å². The molecule has 1 aromatic carbocycles. The molecule has 0 fully saturated rings. The summed E-state index contributed by atoms with van der Waals surface area (Å²) in [7, 11) is 0. The highest BCUT2D eigenvalue weighted by Crippen LogP contribution is 2.18. The lowest BCUT2D eigenvalue weighted by atomic mass is 10.1. The van der Waals surface area contributed by atoms with Crippen molar-refractivity contribution in [3.63, 3.8) is 0 Å². The largest absolute Gasteiger partial charge is 0.387 e. The molecule has 3 rings (SSSR count). The second-order valence-electron chi connectivity index (χ2n) is 4.68. The number of fused-ring (bicyclic) bond motifs is 1. The minimum Gasteiger partial charge on any atom is -0.387 e. The lowest BCUT2D eigenvalue weighted by Crippen LogP contribution is -2.29. The molecule has 0 saturated carbocycles. The number of nitrogens with zero attached hydrogens (tertiary/aromatic N) is 1. The highest BCUT2D eigenvalue weighted by Gasteiger charge is 2.14. The van der Waals surface area contributed by atoms with Crippen LogP contribution >= 0.6 is 11.3 Å². The van der Waals surface area contributed by atoms with Crippen molar-refractivity contribution in [3.05, 3.63) is 52.3 Å². The van der Waals surface area contributed by atoms with Crippen LogP contribution in [0, 0.1) is 0 Å². The van der Waals surface area contributed by atoms with E-state index in [9.17, 15) is 9.90 Å². The highest BCUT2D eigenvalue weighted by molar-refractivity contribution is 7.07. The SMILES string of the molecule is O=C(Cc1noc2ccccc12)NC[C@@H](O)c1ccsc1. The molecule has 5 nitrogen and oxygen atoms in total. The topological polar surface area (TPSA) is 75.4 Å². The molecule has 2 N–H and O–H groups in total. The van der Waals surface area contributed by atoms with Crippen molar-refractivity contribution < 1.29 is 14.4 Å². The lowest BCUT2D eigenvalue weighted by molar-refractivity contribution is -0.121. The van der Waals surface area contributed by atoms with E-state index in [-0.39, 0.29) is 18.9 Å². The summed E-state index contributed by atoms with van der Waals surface area (Å²) in [6.45, 7) is 0.186. The van der Waals surface area contributed by atoms with E-state index in [4.69, 9.17) is 4.52 Å². The molecule has 6 heteroatoms. The van der Waals surface area contributed by atoms with Gasteiger partial charge in [-0.05, 0) is 34.5 Å². The monoisotopic (exact) mass is 302 g/mol. The van der Waals surface area contributed by atoms with E-state index in [2.05, 4.69) is 10.5 Å². The van der Waals surface area contributed by atoms with E-state index < -0.39 is 6.10 Å². The summed E-state index contributed by atoms with van der Waals surface area (Å²) in [5.74, 6) is -0.191. The number of carbonyl (C=O) groups excluding carboxylic acids is 1. The van der Waals surface area contributed by atoms with Gasteiger partial charge in [0.15, 0.2) is 5.58 Å². The fourth-order valence-electron chi connectivity index (χ4n) is 2.07. The third-order valence-electron chi connectivity index (χ3n) is 3.20. The minimum atomic E-state index is -0.686. The maximum absolute atomic E-state index is 11.9. The van der Waals surface area contributed by atoms with Gasteiger partial charge in [0, 0.05) is 11.9 Å². The molecule has 108 valence electrons. The number of nitrogens with one attached hydrogen (secondary N) is 1. The molecule has 0 aliphatic rings. The first-order valence-electron chi connectivity index (χ1n) is 6.54. The number of benzene rings is 1. The lowest BCUT2D eigenvalue weighted by Gasteiger charge is -2.09. The zero-order chi connectivity index (χ0) is 14.7. The van der Waals surface area contributed by atoms with Gasteiger partial charge in [-0.2, -0.15) is 11.3 Å². The Kier molecular flexibility index (Phi) is 3.98. The smallest absolute Gasteiger partial charge is 0.226 e. The number of rotatable bonds is 5. The predicted octanol–water partition coefficient (Wildman–Crippen LogP) is 2.28. The van der Waals surface area contributed by atoms with Gasteiger partial charge >= 0.3 is 0 Å². The van der Waals surface area contributed by atoms with Crippen LogP contribution in [0.25, 0.3) is 11.0 Å². The number of carbonyl (C=O) groups is 1. The zero-order valence-corrected chi connectivity index (χ0v) is 12.0. The van der Waals surface area contributed by atoms with Crippen LogP contribution in [0.4, 0.5) is 0 Å². The van der Waals surface area contributed by atoms with Crippen LogP contribution in [-0.2, 0) is 11.2 Å². The van der Waals surface area contributed by atoms with Crippen molar-refractivity contribution in [2.45, 2.75) is 12.5 Å². The maximum atomic E-state index is 11.9. The van der Waals surface area contributed by atoms with Crippen LogP contribution in [0.3, 0.4) is 0 Å². The van der Waals surface area contributed by atoms with Gasteiger partial charge in [0.1, 0.15) is 5.69 Å². The van der Waals surface area contributed by atoms with Crippen molar-refractivity contribution in [1.82, 2.24) is 10.5 Å². The summed E-state index contributed by atoms with van der Waals surface area (Å²) >= 11 is 1.51. The molecule has 0 radical (unpaired) electrons. The third-order valence-corrected chi connectivity index (χ3v) is 3.90. The Bertz CT molecular complexity index is 736. The van der Waals surface area contributed by atoms with Crippen molar-refractivity contribution in [2.75, 3.05) is 6.54 Å². The molecular formula is C15H14N2O3S. The number of amides is 1. The Labute approximate surface area is 125 Å². The average molecular weight is 302 g/mol. The quantitative estimate of drug-likeness (QED) is 0.758. The summed E-state index contributed by atoms with van der Waals surface area (Å²) < 4.78 is 5.16. The summed E-state index contributed by atoms with van der Waals surface area (Å²) in [6.07, 6.45) is -0.554. The molecule has 1 amide bonds. The van der Waals surface area contributed by atoms with Crippen LogP contribution in [0.2, 0.25) is 0 Å². The molecule has 0 saturated heterocycles. The van der Waals surface area contributed by atoms with Crippen LogP contribution in [0.15, 0.2) is 45.6 Å². The molecule has 0 aliphatic heterocycles. The van der Waals surface area contributed by atoms with Crippen LogP contribution < -0.4 is 5.32 Å². The molecule has 21 heavy (non-hydrogen) atoms. The Hall–Kier alpha value is -2.18. The Morgan fingerprint density at radius 3 is 3.05 bits per heavy atom. The molecule has 0 bridgehead atoms. The summed E-state index contributed by atoms with van der Waals surface area (Å²) in [5, 5.41) is 21.1. The number of hydrogen-bond donors (Lipinski definition) is 2. The number of aromatic nitrogens is 1. The van der Waals surface area contributed by atoms with E-state index in [1.807, 2.05) is 41.1 Å². The first-order valence-corrected chi connectivity index (χ1v) is 7.48. The molecule has 3 aromatic rings. The maximum Gasteiger partial charge on any atom is 0.226 e. The summed E-state index contributed by atoms with van der Waals surface area (Å²) in [4.78, 5) is 11.9. The molecule has 2 aromatic heterocycles. The van der Waals surface area contributed by atoms with E-state index in [1.165, 1.54) is 11.3 Å². The van der Waals surface area contributed by atoms with Crippen molar-refractivity contribution in [3.8, 4) is 0 Å². The Morgan fingerprint density at radius 1 is 1.38 bits per heavy atom. The fourth-order valence-corrected chi connectivity index (χ4v) is 2.78. The van der Waals surface area contributed by atoms with Gasteiger partial charge in [0.2, 0.25) is 5.91 Å². The van der Waals surface area contributed by atoms with E-state index in [0.717, 1.165) is 10.9 Å². The number of hydrogen-bond acceptors (Lipinski definition) is 5. The first-order chi connectivity index (χ1) is 10.2. The normalized spacial score (nSPS) is 12.4. The molecule has 0 unspecified atom stereocenters. The number of aliphatic hydroxyl groups excluding tert-OH is 1. The predicted molar refractivity (Wildman–Crippen MR) is 80.0 cm³/mol. The van der Waals surface area contributed by atoms with E-state index in [0.29, 0.717) is 11.3 Å². The number of aliphatic hydroxyl groups is 1. The average Bonchev–Trinajstić information content (AvgIpc) is 3.15. The first kappa shape index (κ1) is 13.8.